The van der Waals surface area contributed by atoms with Crippen LogP contribution in [0.4, 0.5) is 0 Å². The van der Waals surface area contributed by atoms with Crippen molar-refractivity contribution >= 4 is 22.8 Å². The Morgan fingerprint density at radius 2 is 2.38 bits per heavy atom. The summed E-state index contributed by atoms with van der Waals surface area (Å²) in [7, 11) is 0. The minimum absolute atomic E-state index is 0.415. The number of aromatic nitrogens is 2. The van der Waals surface area contributed by atoms with Crippen LogP contribution in [0.2, 0.25) is 0 Å². The molecule has 1 N–H and O–H groups in total. The van der Waals surface area contributed by atoms with E-state index in [1.807, 2.05) is 18.2 Å². The molecule has 1 saturated heterocycles. The third-order valence-electron chi connectivity index (χ3n) is 2.80. The molecule has 1 aromatic heterocycles. The largest absolute Gasteiger partial charge is 0.377 e. The number of fused-ring (bicyclic) bond motifs is 1. The highest BCUT2D eigenvalue weighted by Gasteiger charge is 2.16. The Balaban J connectivity index is 1.69. The summed E-state index contributed by atoms with van der Waals surface area (Å²) < 4.78 is 5.59. The second kappa shape index (κ2) is 4.47. The van der Waals surface area contributed by atoms with Crippen molar-refractivity contribution in [3.8, 4) is 0 Å². The highest BCUT2D eigenvalue weighted by Crippen LogP contribution is 2.23. The van der Waals surface area contributed by atoms with E-state index in [2.05, 4.69) is 16.0 Å². The lowest BCUT2D eigenvalue weighted by molar-refractivity contribution is 0.129. The summed E-state index contributed by atoms with van der Waals surface area (Å²) in [6.45, 7) is 0.922. The lowest BCUT2D eigenvalue weighted by atomic mass is 10.3. The van der Waals surface area contributed by atoms with Crippen molar-refractivity contribution < 1.29 is 4.74 Å². The first-order valence-corrected chi connectivity index (χ1v) is 6.59. The van der Waals surface area contributed by atoms with Gasteiger partial charge in [-0.1, -0.05) is 23.9 Å². The Labute approximate surface area is 98.6 Å². The van der Waals surface area contributed by atoms with Crippen LogP contribution < -0.4 is 0 Å². The first-order valence-electron chi connectivity index (χ1n) is 5.61. The number of imidazole rings is 1. The number of rotatable bonds is 3. The molecule has 2 heterocycles. The molecule has 1 fully saturated rings. The number of hydrogen-bond donors (Lipinski definition) is 1. The zero-order valence-electron chi connectivity index (χ0n) is 8.98. The van der Waals surface area contributed by atoms with Crippen molar-refractivity contribution in [3.63, 3.8) is 0 Å². The standard InChI is InChI=1S/C12H14N2OS/c1-2-6-11-10(5-1)13-12(14-11)16-8-9-4-3-7-15-9/h1-2,5-6,9H,3-4,7-8H2,(H,13,14)/t9-/m0/s1. The Morgan fingerprint density at radius 1 is 1.44 bits per heavy atom. The number of benzene rings is 1. The van der Waals surface area contributed by atoms with Crippen LogP contribution in [0.3, 0.4) is 0 Å². The summed E-state index contributed by atoms with van der Waals surface area (Å²) in [6.07, 6.45) is 2.80. The number of nitrogens with one attached hydrogen (secondary N) is 1. The molecule has 0 amide bonds. The first-order chi connectivity index (χ1) is 7.92. The van der Waals surface area contributed by atoms with Gasteiger partial charge in [-0.15, -0.1) is 0 Å². The van der Waals surface area contributed by atoms with Gasteiger partial charge in [-0.3, -0.25) is 0 Å². The summed E-state index contributed by atoms with van der Waals surface area (Å²) in [6, 6.07) is 8.12. The van der Waals surface area contributed by atoms with Gasteiger partial charge in [-0.2, -0.15) is 0 Å². The molecule has 84 valence electrons. The minimum atomic E-state index is 0.415. The van der Waals surface area contributed by atoms with Gasteiger partial charge in [0.25, 0.3) is 0 Å². The lowest BCUT2D eigenvalue weighted by Gasteiger charge is -2.05. The van der Waals surface area contributed by atoms with Crippen LogP contribution in [0.25, 0.3) is 11.0 Å². The molecule has 0 saturated carbocycles. The van der Waals surface area contributed by atoms with E-state index in [1.165, 1.54) is 12.8 Å². The molecule has 0 radical (unpaired) electrons. The molecule has 1 aliphatic heterocycles. The summed E-state index contributed by atoms with van der Waals surface area (Å²) in [5.74, 6) is 1.000. The predicted octanol–water partition coefficient (Wildman–Crippen LogP) is 2.83. The van der Waals surface area contributed by atoms with Crippen molar-refractivity contribution in [1.29, 1.82) is 0 Å². The molecule has 0 bridgehead atoms. The minimum Gasteiger partial charge on any atom is -0.377 e. The Bertz CT molecular complexity index is 444. The Kier molecular flexibility index (Phi) is 2.84. The van der Waals surface area contributed by atoms with E-state index >= 15 is 0 Å². The molecule has 3 rings (SSSR count). The maximum Gasteiger partial charge on any atom is 0.166 e. The fourth-order valence-electron chi connectivity index (χ4n) is 1.95. The molecule has 1 aromatic carbocycles. The van der Waals surface area contributed by atoms with Gasteiger partial charge < -0.3 is 9.72 Å². The number of ether oxygens (including phenoxy) is 1. The molecule has 0 aliphatic carbocycles. The normalized spacial score (nSPS) is 20.6. The van der Waals surface area contributed by atoms with Gasteiger partial charge in [0.2, 0.25) is 0 Å². The van der Waals surface area contributed by atoms with Gasteiger partial charge in [-0.25, -0.2) is 4.98 Å². The second-order valence-corrected chi connectivity index (χ2v) is 5.01. The molecular weight excluding hydrogens is 220 g/mol. The Hall–Kier alpha value is -1.00. The smallest absolute Gasteiger partial charge is 0.166 e. The van der Waals surface area contributed by atoms with E-state index in [0.717, 1.165) is 28.5 Å². The van der Waals surface area contributed by atoms with Gasteiger partial charge in [0, 0.05) is 12.4 Å². The van der Waals surface area contributed by atoms with E-state index in [1.54, 1.807) is 11.8 Å². The van der Waals surface area contributed by atoms with Crippen LogP contribution in [0, 0.1) is 0 Å². The summed E-state index contributed by atoms with van der Waals surface area (Å²) in [5.41, 5.74) is 2.15. The third kappa shape index (κ3) is 2.08. The molecular formula is C12H14N2OS. The fourth-order valence-corrected chi connectivity index (χ4v) is 2.90. The van der Waals surface area contributed by atoms with Crippen LogP contribution in [0.1, 0.15) is 12.8 Å². The predicted molar refractivity (Wildman–Crippen MR) is 65.8 cm³/mol. The van der Waals surface area contributed by atoms with E-state index in [0.29, 0.717) is 6.10 Å². The van der Waals surface area contributed by atoms with Crippen molar-refractivity contribution in [2.75, 3.05) is 12.4 Å². The van der Waals surface area contributed by atoms with E-state index in [4.69, 9.17) is 4.74 Å². The number of nitrogens with zero attached hydrogens (tertiary/aromatic N) is 1. The topological polar surface area (TPSA) is 37.9 Å². The van der Waals surface area contributed by atoms with Crippen molar-refractivity contribution in [2.45, 2.75) is 24.1 Å². The maximum atomic E-state index is 5.59. The van der Waals surface area contributed by atoms with Crippen molar-refractivity contribution in [3.05, 3.63) is 24.3 Å². The number of aromatic amines is 1. The summed E-state index contributed by atoms with van der Waals surface area (Å²) in [5, 5.41) is 0.997. The van der Waals surface area contributed by atoms with Gasteiger partial charge in [0.15, 0.2) is 5.16 Å². The van der Waals surface area contributed by atoms with Crippen molar-refractivity contribution in [2.24, 2.45) is 0 Å². The zero-order chi connectivity index (χ0) is 10.8. The third-order valence-corrected chi connectivity index (χ3v) is 3.80. The molecule has 3 nitrogen and oxygen atoms in total. The average molecular weight is 234 g/mol. The first kappa shape index (κ1) is 10.2. The number of hydrogen-bond acceptors (Lipinski definition) is 3. The van der Waals surface area contributed by atoms with E-state index in [9.17, 15) is 0 Å². The lowest BCUT2D eigenvalue weighted by Crippen LogP contribution is -2.07. The molecule has 0 spiro atoms. The number of thioether (sulfide) groups is 1. The zero-order valence-corrected chi connectivity index (χ0v) is 9.80. The number of para-hydroxylation sites is 2. The van der Waals surface area contributed by atoms with Gasteiger partial charge >= 0.3 is 0 Å². The monoisotopic (exact) mass is 234 g/mol. The SMILES string of the molecule is c1ccc2[nH]c(SC[C@@H]3CCCO3)nc2c1. The van der Waals surface area contributed by atoms with Crippen LogP contribution in [-0.4, -0.2) is 28.4 Å². The van der Waals surface area contributed by atoms with Crippen LogP contribution >= 0.6 is 11.8 Å². The molecule has 1 atom stereocenters. The molecule has 0 unspecified atom stereocenters. The molecule has 1 aliphatic rings. The summed E-state index contributed by atoms with van der Waals surface area (Å²) in [4.78, 5) is 7.84. The Morgan fingerprint density at radius 3 is 3.19 bits per heavy atom. The van der Waals surface area contributed by atoms with Crippen LogP contribution in [0.5, 0.6) is 0 Å². The van der Waals surface area contributed by atoms with Crippen LogP contribution in [-0.2, 0) is 4.74 Å². The van der Waals surface area contributed by atoms with Gasteiger partial charge in [0.1, 0.15) is 0 Å². The van der Waals surface area contributed by atoms with Crippen LogP contribution in [0.15, 0.2) is 29.4 Å². The highest BCUT2D eigenvalue weighted by molar-refractivity contribution is 7.99. The molecule has 4 heteroatoms. The summed E-state index contributed by atoms with van der Waals surface area (Å²) >= 11 is 1.75. The average Bonchev–Trinajstić information content (AvgIpc) is 2.95. The van der Waals surface area contributed by atoms with E-state index in [-0.39, 0.29) is 0 Å². The van der Waals surface area contributed by atoms with Crippen molar-refractivity contribution in [1.82, 2.24) is 9.97 Å². The van der Waals surface area contributed by atoms with Gasteiger partial charge in [-0.05, 0) is 25.0 Å². The molecule has 16 heavy (non-hydrogen) atoms. The fraction of sp³-hybridized carbons (Fsp3) is 0.417. The van der Waals surface area contributed by atoms with E-state index < -0.39 is 0 Å². The number of H-pyrrole nitrogens is 1. The highest BCUT2D eigenvalue weighted by atomic mass is 32.2. The molecule has 2 aromatic rings. The van der Waals surface area contributed by atoms with Gasteiger partial charge in [0.05, 0.1) is 17.1 Å². The second-order valence-electron chi connectivity index (χ2n) is 4.01. The quantitative estimate of drug-likeness (QED) is 0.830. The maximum absolute atomic E-state index is 5.59.